The van der Waals surface area contributed by atoms with Gasteiger partial charge in [-0.05, 0) is 37.8 Å². The highest BCUT2D eigenvalue weighted by atomic mass is 32.1. The average Bonchev–Trinajstić information content (AvgIpc) is 3.01. The van der Waals surface area contributed by atoms with Crippen LogP contribution in [0.25, 0.3) is 0 Å². The van der Waals surface area contributed by atoms with Gasteiger partial charge in [-0.1, -0.05) is 11.8 Å². The van der Waals surface area contributed by atoms with Crippen LogP contribution in [0.1, 0.15) is 34.5 Å². The van der Waals surface area contributed by atoms with Gasteiger partial charge >= 0.3 is 0 Å². The van der Waals surface area contributed by atoms with Crippen molar-refractivity contribution < 1.29 is 4.79 Å². The van der Waals surface area contributed by atoms with Gasteiger partial charge in [0.25, 0.3) is 5.91 Å². The Morgan fingerprint density at radius 2 is 2.24 bits per heavy atom. The summed E-state index contributed by atoms with van der Waals surface area (Å²) in [7, 11) is 2.19. The fraction of sp³-hybridized carbons (Fsp3) is 0.562. The molecule has 3 rings (SSSR count). The van der Waals surface area contributed by atoms with Crippen molar-refractivity contribution in [2.45, 2.75) is 31.3 Å². The topological polar surface area (TPSA) is 49.6 Å². The lowest BCUT2D eigenvalue weighted by atomic mass is 10.1. The summed E-state index contributed by atoms with van der Waals surface area (Å²) in [6.45, 7) is 2.02. The van der Waals surface area contributed by atoms with E-state index in [2.05, 4.69) is 23.8 Å². The summed E-state index contributed by atoms with van der Waals surface area (Å²) in [6, 6.07) is 3.07. The van der Waals surface area contributed by atoms with Gasteiger partial charge in [0, 0.05) is 30.7 Å². The molecule has 0 spiro atoms. The van der Waals surface area contributed by atoms with Crippen molar-refractivity contribution in [3.05, 3.63) is 21.9 Å². The molecule has 0 aromatic carbocycles. The zero-order chi connectivity index (χ0) is 14.8. The van der Waals surface area contributed by atoms with Crippen LogP contribution in [-0.2, 0) is 0 Å². The SMILES string of the molecule is CN1C2CCC1CN(C(=O)c1sccc1C#CCN)CC2. The van der Waals surface area contributed by atoms with E-state index in [1.54, 1.807) is 0 Å². The van der Waals surface area contributed by atoms with Crippen LogP contribution in [0, 0.1) is 11.8 Å². The molecule has 2 N–H and O–H groups in total. The molecule has 112 valence electrons. The molecule has 2 aliphatic heterocycles. The number of likely N-dealkylation sites (tertiary alicyclic amines) is 1. The number of carbonyl (C=O) groups is 1. The highest BCUT2D eigenvalue weighted by Gasteiger charge is 2.36. The Kier molecular flexibility index (Phi) is 4.29. The lowest BCUT2D eigenvalue weighted by Crippen LogP contribution is -2.39. The van der Waals surface area contributed by atoms with Crippen molar-refractivity contribution >= 4 is 17.2 Å². The third kappa shape index (κ3) is 2.84. The van der Waals surface area contributed by atoms with Crippen molar-refractivity contribution in [2.24, 2.45) is 5.73 Å². The molecule has 21 heavy (non-hydrogen) atoms. The third-order valence-corrected chi connectivity index (χ3v) is 5.52. The van der Waals surface area contributed by atoms with E-state index in [-0.39, 0.29) is 5.91 Å². The van der Waals surface area contributed by atoms with Crippen LogP contribution in [-0.4, -0.2) is 54.5 Å². The molecule has 2 bridgehead atoms. The first-order valence-electron chi connectivity index (χ1n) is 7.48. The summed E-state index contributed by atoms with van der Waals surface area (Å²) in [5.74, 6) is 5.98. The number of hydrogen-bond donors (Lipinski definition) is 1. The van der Waals surface area contributed by atoms with Crippen molar-refractivity contribution in [2.75, 3.05) is 26.7 Å². The number of nitrogens with zero attached hydrogens (tertiary/aromatic N) is 2. The van der Waals surface area contributed by atoms with E-state index >= 15 is 0 Å². The summed E-state index contributed by atoms with van der Waals surface area (Å²) >= 11 is 1.48. The van der Waals surface area contributed by atoms with Crippen LogP contribution in [0.2, 0.25) is 0 Å². The summed E-state index contributed by atoms with van der Waals surface area (Å²) in [4.78, 5) is 18.0. The first kappa shape index (κ1) is 14.6. The average molecular weight is 303 g/mol. The smallest absolute Gasteiger partial charge is 0.265 e. The fourth-order valence-electron chi connectivity index (χ4n) is 3.36. The molecule has 0 radical (unpaired) electrons. The van der Waals surface area contributed by atoms with Crippen molar-refractivity contribution in [3.63, 3.8) is 0 Å². The highest BCUT2D eigenvalue weighted by molar-refractivity contribution is 7.12. The number of likely N-dealkylation sites (N-methyl/N-ethyl adjacent to an activating group) is 1. The monoisotopic (exact) mass is 303 g/mol. The minimum Gasteiger partial charge on any atom is -0.336 e. The van der Waals surface area contributed by atoms with Gasteiger partial charge in [-0.25, -0.2) is 0 Å². The van der Waals surface area contributed by atoms with Crippen LogP contribution in [0.4, 0.5) is 0 Å². The third-order valence-electron chi connectivity index (χ3n) is 4.62. The molecule has 0 aliphatic carbocycles. The Morgan fingerprint density at radius 3 is 3.05 bits per heavy atom. The largest absolute Gasteiger partial charge is 0.336 e. The summed E-state index contributed by atoms with van der Waals surface area (Å²) in [5.41, 5.74) is 6.24. The molecule has 2 atom stereocenters. The zero-order valence-corrected chi connectivity index (χ0v) is 13.2. The van der Waals surface area contributed by atoms with Gasteiger partial charge in [-0.3, -0.25) is 9.69 Å². The molecule has 0 saturated carbocycles. The van der Waals surface area contributed by atoms with Crippen LogP contribution in [0.5, 0.6) is 0 Å². The van der Waals surface area contributed by atoms with E-state index in [0.29, 0.717) is 18.6 Å². The number of thiophene rings is 1. The van der Waals surface area contributed by atoms with Crippen LogP contribution < -0.4 is 5.73 Å². The van der Waals surface area contributed by atoms with E-state index in [4.69, 9.17) is 5.73 Å². The molecule has 2 unspecified atom stereocenters. The fourth-order valence-corrected chi connectivity index (χ4v) is 4.17. The molecular formula is C16H21N3OS. The number of rotatable bonds is 1. The molecule has 5 heteroatoms. The van der Waals surface area contributed by atoms with Gasteiger partial charge < -0.3 is 10.6 Å². The zero-order valence-electron chi connectivity index (χ0n) is 12.3. The Morgan fingerprint density at radius 1 is 1.43 bits per heavy atom. The van der Waals surface area contributed by atoms with Crippen LogP contribution in [0.15, 0.2) is 11.4 Å². The second kappa shape index (κ2) is 6.18. The van der Waals surface area contributed by atoms with E-state index in [9.17, 15) is 4.79 Å². The van der Waals surface area contributed by atoms with Gasteiger partial charge in [0.15, 0.2) is 0 Å². The van der Waals surface area contributed by atoms with Crippen molar-refractivity contribution in [3.8, 4) is 11.8 Å². The Labute approximate surface area is 129 Å². The molecule has 1 aromatic rings. The molecule has 2 aliphatic rings. The summed E-state index contributed by atoms with van der Waals surface area (Å²) < 4.78 is 0. The standard InChI is InChI=1S/C16H21N3OS/c1-18-13-4-5-14(18)11-19(9-6-13)16(20)15-12(3-2-8-17)7-10-21-15/h7,10,13-14H,4-6,8-9,11,17H2,1H3. The predicted molar refractivity (Wildman–Crippen MR) is 85.3 cm³/mol. The van der Waals surface area contributed by atoms with E-state index < -0.39 is 0 Å². The molecule has 2 fully saturated rings. The summed E-state index contributed by atoms with van der Waals surface area (Å²) in [5, 5.41) is 1.93. The molecular weight excluding hydrogens is 282 g/mol. The number of fused-ring (bicyclic) bond motifs is 2. The minimum absolute atomic E-state index is 0.132. The maximum absolute atomic E-state index is 12.8. The molecule has 3 heterocycles. The van der Waals surface area contributed by atoms with Gasteiger partial charge in [-0.15, -0.1) is 11.3 Å². The number of amides is 1. The number of hydrogen-bond acceptors (Lipinski definition) is 4. The van der Waals surface area contributed by atoms with E-state index in [0.717, 1.165) is 30.0 Å². The van der Waals surface area contributed by atoms with E-state index in [1.165, 1.54) is 24.2 Å². The van der Waals surface area contributed by atoms with Gasteiger partial charge in [0.05, 0.1) is 6.54 Å². The lowest BCUT2D eigenvalue weighted by molar-refractivity contribution is 0.0745. The Balaban J connectivity index is 1.78. The van der Waals surface area contributed by atoms with Crippen LogP contribution >= 0.6 is 11.3 Å². The number of carbonyl (C=O) groups excluding carboxylic acids is 1. The highest BCUT2D eigenvalue weighted by Crippen LogP contribution is 2.29. The van der Waals surface area contributed by atoms with Gasteiger partial charge in [-0.2, -0.15) is 0 Å². The molecule has 4 nitrogen and oxygen atoms in total. The maximum atomic E-state index is 12.8. The summed E-state index contributed by atoms with van der Waals surface area (Å²) in [6.07, 6.45) is 3.55. The molecule has 2 saturated heterocycles. The molecule has 1 amide bonds. The second-order valence-corrected chi connectivity index (χ2v) is 6.68. The van der Waals surface area contributed by atoms with Crippen molar-refractivity contribution in [1.82, 2.24) is 9.80 Å². The van der Waals surface area contributed by atoms with Gasteiger partial charge in [0.2, 0.25) is 0 Å². The molecule has 1 aromatic heterocycles. The quantitative estimate of drug-likeness (QED) is 0.797. The number of nitrogens with two attached hydrogens (primary N) is 1. The van der Waals surface area contributed by atoms with Crippen LogP contribution in [0.3, 0.4) is 0 Å². The first-order chi connectivity index (χ1) is 10.2. The Bertz CT molecular complexity index is 586. The maximum Gasteiger partial charge on any atom is 0.265 e. The lowest BCUT2D eigenvalue weighted by Gasteiger charge is -2.25. The predicted octanol–water partition coefficient (Wildman–Crippen LogP) is 1.37. The second-order valence-electron chi connectivity index (χ2n) is 5.76. The van der Waals surface area contributed by atoms with Gasteiger partial charge in [0.1, 0.15) is 4.88 Å². The Hall–Kier alpha value is -1.35. The first-order valence-corrected chi connectivity index (χ1v) is 8.36. The van der Waals surface area contributed by atoms with Crippen molar-refractivity contribution in [1.29, 1.82) is 0 Å². The minimum atomic E-state index is 0.132. The normalized spacial score (nSPS) is 25.3. The van der Waals surface area contributed by atoms with E-state index in [1.807, 2.05) is 16.3 Å².